The number of nitrogens with zero attached hydrogens (tertiary/aromatic N) is 2. The highest BCUT2D eigenvalue weighted by atomic mass is 16.5. The minimum Gasteiger partial charge on any atom is -0.466 e. The first-order valence-corrected chi connectivity index (χ1v) is 9.91. The van der Waals surface area contributed by atoms with Gasteiger partial charge >= 0.3 is 5.97 Å². The van der Waals surface area contributed by atoms with E-state index in [1.54, 1.807) is 11.8 Å². The highest BCUT2D eigenvalue weighted by Crippen LogP contribution is 2.20. The third kappa shape index (κ3) is 5.59. The first-order chi connectivity index (χ1) is 13.5. The van der Waals surface area contributed by atoms with E-state index >= 15 is 0 Å². The average molecular weight is 383 g/mol. The van der Waals surface area contributed by atoms with E-state index < -0.39 is 0 Å². The number of carbonyl (C=O) groups excluding carboxylic acids is 2. The van der Waals surface area contributed by atoms with Gasteiger partial charge in [0, 0.05) is 25.3 Å². The number of hydrogen-bond donors (Lipinski definition) is 1. The van der Waals surface area contributed by atoms with Crippen molar-refractivity contribution in [2.24, 2.45) is 5.92 Å². The molecule has 1 aliphatic heterocycles. The maximum Gasteiger partial charge on any atom is 0.309 e. The first-order valence-electron chi connectivity index (χ1n) is 9.91. The van der Waals surface area contributed by atoms with Crippen LogP contribution >= 0.6 is 0 Å². The van der Waals surface area contributed by atoms with Gasteiger partial charge in [-0.1, -0.05) is 31.2 Å². The molecule has 6 heteroatoms. The monoisotopic (exact) mass is 383 g/mol. The van der Waals surface area contributed by atoms with Crippen LogP contribution in [-0.4, -0.2) is 36.5 Å². The largest absolute Gasteiger partial charge is 0.466 e. The van der Waals surface area contributed by atoms with Crippen LogP contribution in [0.1, 0.15) is 50.8 Å². The Labute approximate surface area is 167 Å². The smallest absolute Gasteiger partial charge is 0.309 e. The van der Waals surface area contributed by atoms with Crippen molar-refractivity contribution in [2.75, 3.05) is 19.7 Å². The van der Waals surface area contributed by atoms with Gasteiger partial charge in [-0.05, 0) is 44.2 Å². The molecule has 1 heterocycles. The second kappa shape index (κ2) is 10.5. The summed E-state index contributed by atoms with van der Waals surface area (Å²) >= 11 is 0. The lowest BCUT2D eigenvalue weighted by molar-refractivity contribution is -0.150. The number of ether oxygens (including phenoxy) is 1. The zero-order valence-electron chi connectivity index (χ0n) is 16.9. The maximum absolute atomic E-state index is 12.6. The van der Waals surface area contributed by atoms with Gasteiger partial charge in [-0.25, -0.2) is 0 Å². The average Bonchev–Trinajstić information content (AvgIpc) is 2.74. The molecule has 0 spiro atoms. The van der Waals surface area contributed by atoms with Crippen molar-refractivity contribution >= 4 is 11.9 Å². The second-order valence-electron chi connectivity index (χ2n) is 6.97. The van der Waals surface area contributed by atoms with Crippen LogP contribution in [-0.2, 0) is 20.7 Å². The zero-order chi connectivity index (χ0) is 20.5. The summed E-state index contributed by atoms with van der Waals surface area (Å²) in [6.07, 6.45) is 3.62. The number of amides is 1. The van der Waals surface area contributed by atoms with Gasteiger partial charge < -0.3 is 15.0 Å². The molecule has 28 heavy (non-hydrogen) atoms. The number of carbonyl (C=O) groups is 2. The molecule has 2 rings (SSSR count). The Morgan fingerprint density at radius 1 is 1.29 bits per heavy atom. The summed E-state index contributed by atoms with van der Waals surface area (Å²) in [6.45, 7) is 7.16. The van der Waals surface area contributed by atoms with E-state index in [1.165, 1.54) is 11.8 Å². The summed E-state index contributed by atoms with van der Waals surface area (Å²) in [6, 6.07) is 10.3. The SMILES string of the molecule is CCOC(=O)C1CCN(C(=O)/C(C#N)=C\NC(C)c2ccc(CC)cc2)CC1. The minimum absolute atomic E-state index is 0.0170. The number of hydrogen-bond acceptors (Lipinski definition) is 5. The third-order valence-corrected chi connectivity index (χ3v) is 5.12. The van der Waals surface area contributed by atoms with E-state index in [2.05, 4.69) is 36.5 Å². The zero-order valence-corrected chi connectivity index (χ0v) is 16.9. The fourth-order valence-corrected chi connectivity index (χ4v) is 3.24. The molecule has 1 fully saturated rings. The molecule has 1 unspecified atom stereocenters. The van der Waals surface area contributed by atoms with Gasteiger partial charge in [-0.3, -0.25) is 9.59 Å². The molecule has 6 nitrogen and oxygen atoms in total. The Morgan fingerprint density at radius 2 is 1.93 bits per heavy atom. The van der Waals surface area contributed by atoms with Crippen LogP contribution in [0.25, 0.3) is 0 Å². The summed E-state index contributed by atoms with van der Waals surface area (Å²) in [5, 5.41) is 12.6. The molecule has 0 bridgehead atoms. The first kappa shape index (κ1) is 21.5. The van der Waals surface area contributed by atoms with E-state index in [4.69, 9.17) is 4.74 Å². The number of rotatable bonds is 7. The van der Waals surface area contributed by atoms with Gasteiger partial charge in [0.05, 0.1) is 12.5 Å². The number of benzene rings is 1. The molecule has 150 valence electrons. The molecule has 0 aliphatic carbocycles. The standard InChI is InChI=1S/C22H29N3O3/c1-4-17-6-8-18(9-7-17)16(3)24-15-20(14-23)21(26)25-12-10-19(11-13-25)22(27)28-5-2/h6-9,15-16,19,24H,4-5,10-13H2,1-3H3/b20-15-. The second-order valence-corrected chi connectivity index (χ2v) is 6.97. The molecule has 0 radical (unpaired) electrons. The van der Waals surface area contributed by atoms with Gasteiger partial charge in [0.15, 0.2) is 0 Å². The number of nitrogens with one attached hydrogen (secondary N) is 1. The number of likely N-dealkylation sites (tertiary alicyclic amines) is 1. The lowest BCUT2D eigenvalue weighted by Crippen LogP contribution is -2.41. The Bertz CT molecular complexity index is 741. The minimum atomic E-state index is -0.300. The summed E-state index contributed by atoms with van der Waals surface area (Å²) in [5.74, 6) is -0.663. The van der Waals surface area contributed by atoms with Crippen molar-refractivity contribution < 1.29 is 14.3 Å². The Morgan fingerprint density at radius 3 is 2.46 bits per heavy atom. The number of piperidine rings is 1. The topological polar surface area (TPSA) is 82.4 Å². The highest BCUT2D eigenvalue weighted by molar-refractivity contribution is 5.97. The lowest BCUT2D eigenvalue weighted by Gasteiger charge is -2.30. The summed E-state index contributed by atoms with van der Waals surface area (Å²) in [5.41, 5.74) is 2.44. The Hall–Kier alpha value is -2.81. The van der Waals surface area contributed by atoms with Crippen molar-refractivity contribution in [1.82, 2.24) is 10.2 Å². The van der Waals surface area contributed by atoms with Crippen LogP contribution in [0.5, 0.6) is 0 Å². The van der Waals surface area contributed by atoms with E-state index in [1.807, 2.05) is 13.0 Å². The van der Waals surface area contributed by atoms with Crippen LogP contribution in [0.2, 0.25) is 0 Å². The summed E-state index contributed by atoms with van der Waals surface area (Å²) in [4.78, 5) is 26.1. The molecule has 1 saturated heterocycles. The van der Waals surface area contributed by atoms with Crippen molar-refractivity contribution in [3.05, 3.63) is 47.2 Å². The van der Waals surface area contributed by atoms with Crippen molar-refractivity contribution in [3.8, 4) is 6.07 Å². The molecule has 0 saturated carbocycles. The van der Waals surface area contributed by atoms with Gasteiger partial charge in [0.25, 0.3) is 5.91 Å². The van der Waals surface area contributed by atoms with Crippen LogP contribution in [0, 0.1) is 17.2 Å². The van der Waals surface area contributed by atoms with Gasteiger partial charge in [0.1, 0.15) is 11.6 Å². The van der Waals surface area contributed by atoms with Crippen molar-refractivity contribution in [3.63, 3.8) is 0 Å². The molecule has 1 N–H and O–H groups in total. The Balaban J connectivity index is 1.93. The highest BCUT2D eigenvalue weighted by Gasteiger charge is 2.29. The van der Waals surface area contributed by atoms with Crippen molar-refractivity contribution in [2.45, 2.75) is 46.1 Å². The molecule has 1 aromatic carbocycles. The molecular formula is C22H29N3O3. The fraction of sp³-hybridized carbons (Fsp3) is 0.500. The molecule has 1 aromatic rings. The predicted octanol–water partition coefficient (Wildman–Crippen LogP) is 3.11. The van der Waals surface area contributed by atoms with Crippen LogP contribution in [0.3, 0.4) is 0 Å². The third-order valence-electron chi connectivity index (χ3n) is 5.12. The van der Waals surface area contributed by atoms with E-state index in [9.17, 15) is 14.9 Å². The molecule has 1 amide bonds. The van der Waals surface area contributed by atoms with Crippen LogP contribution in [0.4, 0.5) is 0 Å². The molecular weight excluding hydrogens is 354 g/mol. The normalized spacial score (nSPS) is 16.2. The quantitative estimate of drug-likeness (QED) is 0.444. The Kier molecular flexibility index (Phi) is 8.06. The molecule has 0 aromatic heterocycles. The lowest BCUT2D eigenvalue weighted by atomic mass is 9.96. The van der Waals surface area contributed by atoms with E-state index in [0.29, 0.717) is 32.5 Å². The number of aryl methyl sites for hydroxylation is 1. The summed E-state index contributed by atoms with van der Waals surface area (Å²) < 4.78 is 5.05. The van der Waals surface area contributed by atoms with E-state index in [-0.39, 0.29) is 29.4 Å². The van der Waals surface area contributed by atoms with E-state index in [0.717, 1.165) is 12.0 Å². The van der Waals surface area contributed by atoms with Gasteiger partial charge in [-0.2, -0.15) is 5.26 Å². The molecule has 1 atom stereocenters. The molecule has 1 aliphatic rings. The fourth-order valence-electron chi connectivity index (χ4n) is 3.24. The van der Waals surface area contributed by atoms with Crippen LogP contribution < -0.4 is 5.32 Å². The number of nitriles is 1. The number of esters is 1. The summed E-state index contributed by atoms with van der Waals surface area (Å²) in [7, 11) is 0. The van der Waals surface area contributed by atoms with Crippen LogP contribution in [0.15, 0.2) is 36.0 Å². The predicted molar refractivity (Wildman–Crippen MR) is 107 cm³/mol. The van der Waals surface area contributed by atoms with Gasteiger partial charge in [-0.15, -0.1) is 0 Å². The van der Waals surface area contributed by atoms with Gasteiger partial charge in [0.2, 0.25) is 0 Å². The maximum atomic E-state index is 12.6. The van der Waals surface area contributed by atoms with Crippen molar-refractivity contribution in [1.29, 1.82) is 5.26 Å².